The molecule has 1 rings (SSSR count). The Morgan fingerprint density at radius 2 is 1.88 bits per heavy atom. The summed E-state index contributed by atoms with van der Waals surface area (Å²) in [6.45, 7) is 3.79. The average Bonchev–Trinajstić information content (AvgIpc) is 2.33. The van der Waals surface area contributed by atoms with E-state index in [1.165, 1.54) is 12.1 Å². The quantitative estimate of drug-likeness (QED) is 0.595. The van der Waals surface area contributed by atoms with Crippen molar-refractivity contribution >= 4 is 6.08 Å². The van der Waals surface area contributed by atoms with Gasteiger partial charge in [-0.1, -0.05) is 19.1 Å². The minimum absolute atomic E-state index is 0.0689. The zero-order chi connectivity index (χ0) is 12.7. The van der Waals surface area contributed by atoms with Crippen molar-refractivity contribution in [1.29, 1.82) is 0 Å². The average molecular weight is 243 g/mol. The van der Waals surface area contributed by atoms with E-state index in [4.69, 9.17) is 0 Å². The summed E-state index contributed by atoms with van der Waals surface area (Å²) in [6.07, 6.45) is 4.98. The van der Waals surface area contributed by atoms with E-state index in [9.17, 15) is 13.2 Å². The van der Waals surface area contributed by atoms with Gasteiger partial charge >= 0.3 is 0 Å². The van der Waals surface area contributed by atoms with Gasteiger partial charge in [0.25, 0.3) is 0 Å². The van der Waals surface area contributed by atoms with Crippen LogP contribution in [0.5, 0.6) is 0 Å². The minimum Gasteiger partial charge on any atom is -0.316 e. The maximum atomic E-state index is 13.2. The van der Waals surface area contributed by atoms with E-state index in [1.807, 2.05) is 0 Å². The van der Waals surface area contributed by atoms with E-state index in [0.29, 0.717) is 0 Å². The Morgan fingerprint density at radius 3 is 2.59 bits per heavy atom. The molecule has 94 valence electrons. The highest BCUT2D eigenvalue weighted by Crippen LogP contribution is 2.16. The summed E-state index contributed by atoms with van der Waals surface area (Å²) in [6, 6.07) is 2.15. The molecular formula is C13H16F3N. The third-order valence-electron chi connectivity index (χ3n) is 2.28. The van der Waals surface area contributed by atoms with Crippen LogP contribution in [0.3, 0.4) is 0 Å². The Morgan fingerprint density at radius 1 is 1.12 bits per heavy atom. The van der Waals surface area contributed by atoms with Gasteiger partial charge in [0.2, 0.25) is 0 Å². The van der Waals surface area contributed by atoms with Crippen LogP contribution in [-0.4, -0.2) is 13.1 Å². The number of halogens is 3. The lowest BCUT2D eigenvalue weighted by Gasteiger charge is -2.00. The predicted molar refractivity (Wildman–Crippen MR) is 63.1 cm³/mol. The Kier molecular flexibility index (Phi) is 5.77. The molecule has 0 aromatic heterocycles. The normalized spacial score (nSPS) is 11.3. The summed E-state index contributed by atoms with van der Waals surface area (Å²) >= 11 is 0. The molecule has 0 spiro atoms. The number of rotatable bonds is 6. The molecule has 0 aliphatic carbocycles. The van der Waals surface area contributed by atoms with Crippen molar-refractivity contribution in [3.63, 3.8) is 0 Å². The molecule has 0 radical (unpaired) electrons. The second kappa shape index (κ2) is 7.12. The number of hydrogen-bond acceptors (Lipinski definition) is 1. The molecule has 0 unspecified atom stereocenters. The molecule has 0 aliphatic rings. The standard InChI is InChI=1S/C13H16F3N/c1-2-8-17-9-4-3-5-10-6-7-11(14)13(16)12(10)15/h3,5-7,17H,2,4,8-9H2,1H3. The van der Waals surface area contributed by atoms with Crippen LogP contribution < -0.4 is 5.32 Å². The molecule has 1 aromatic rings. The highest BCUT2D eigenvalue weighted by Gasteiger charge is 2.10. The summed E-state index contributed by atoms with van der Waals surface area (Å²) in [5.41, 5.74) is 0.0689. The summed E-state index contributed by atoms with van der Waals surface area (Å²) in [5.74, 6) is -3.72. The van der Waals surface area contributed by atoms with Gasteiger partial charge in [-0.15, -0.1) is 0 Å². The van der Waals surface area contributed by atoms with Crippen LogP contribution in [0.25, 0.3) is 6.08 Å². The molecule has 0 atom stereocenters. The molecule has 1 N–H and O–H groups in total. The smallest absolute Gasteiger partial charge is 0.195 e. The third-order valence-corrected chi connectivity index (χ3v) is 2.28. The Hall–Kier alpha value is -1.29. The fourth-order valence-electron chi connectivity index (χ4n) is 1.37. The highest BCUT2D eigenvalue weighted by molar-refractivity contribution is 5.50. The van der Waals surface area contributed by atoms with Crippen LogP contribution in [0, 0.1) is 17.5 Å². The van der Waals surface area contributed by atoms with Crippen molar-refractivity contribution in [2.24, 2.45) is 0 Å². The van der Waals surface area contributed by atoms with E-state index >= 15 is 0 Å². The van der Waals surface area contributed by atoms with Gasteiger partial charge in [0.1, 0.15) is 0 Å². The van der Waals surface area contributed by atoms with Gasteiger partial charge in [0, 0.05) is 5.56 Å². The van der Waals surface area contributed by atoms with Crippen molar-refractivity contribution in [2.75, 3.05) is 13.1 Å². The Bertz CT molecular complexity index is 388. The van der Waals surface area contributed by atoms with Crippen molar-refractivity contribution < 1.29 is 13.2 Å². The van der Waals surface area contributed by atoms with E-state index in [1.54, 1.807) is 6.08 Å². The van der Waals surface area contributed by atoms with E-state index in [0.717, 1.165) is 32.0 Å². The highest BCUT2D eigenvalue weighted by atomic mass is 19.2. The van der Waals surface area contributed by atoms with Crippen LogP contribution in [-0.2, 0) is 0 Å². The van der Waals surface area contributed by atoms with Gasteiger partial charge in [-0.2, -0.15) is 0 Å². The van der Waals surface area contributed by atoms with Crippen LogP contribution in [0.15, 0.2) is 18.2 Å². The number of nitrogens with one attached hydrogen (secondary N) is 1. The molecule has 0 heterocycles. The van der Waals surface area contributed by atoms with Gasteiger partial charge < -0.3 is 5.32 Å². The first kappa shape index (κ1) is 13.8. The van der Waals surface area contributed by atoms with Crippen LogP contribution in [0.1, 0.15) is 25.3 Å². The molecule has 0 aliphatic heterocycles. The zero-order valence-electron chi connectivity index (χ0n) is 9.77. The second-order valence-corrected chi connectivity index (χ2v) is 3.71. The van der Waals surface area contributed by atoms with E-state index in [-0.39, 0.29) is 5.56 Å². The summed E-state index contributed by atoms with van der Waals surface area (Å²) in [7, 11) is 0. The molecule has 0 fully saturated rings. The molecule has 1 nitrogen and oxygen atoms in total. The van der Waals surface area contributed by atoms with Gasteiger partial charge in [-0.3, -0.25) is 0 Å². The SMILES string of the molecule is CCCNCCC=Cc1ccc(F)c(F)c1F. The summed E-state index contributed by atoms with van der Waals surface area (Å²) < 4.78 is 38.7. The lowest BCUT2D eigenvalue weighted by Crippen LogP contribution is -2.14. The largest absolute Gasteiger partial charge is 0.316 e. The molecule has 0 amide bonds. The van der Waals surface area contributed by atoms with Crippen LogP contribution in [0.2, 0.25) is 0 Å². The van der Waals surface area contributed by atoms with Gasteiger partial charge in [-0.05, 0) is 38.1 Å². The number of hydrogen-bond donors (Lipinski definition) is 1. The monoisotopic (exact) mass is 243 g/mol. The minimum atomic E-state index is -1.42. The molecular weight excluding hydrogens is 227 g/mol. The topological polar surface area (TPSA) is 12.0 Å². The fraction of sp³-hybridized carbons (Fsp3) is 0.385. The van der Waals surface area contributed by atoms with Crippen LogP contribution in [0.4, 0.5) is 13.2 Å². The third kappa shape index (κ3) is 4.23. The molecule has 17 heavy (non-hydrogen) atoms. The van der Waals surface area contributed by atoms with E-state index < -0.39 is 17.5 Å². The lowest BCUT2D eigenvalue weighted by molar-refractivity contribution is 0.446. The molecule has 0 saturated carbocycles. The van der Waals surface area contributed by atoms with Crippen LogP contribution >= 0.6 is 0 Å². The first-order valence-electron chi connectivity index (χ1n) is 5.67. The maximum Gasteiger partial charge on any atom is 0.195 e. The van der Waals surface area contributed by atoms with Gasteiger partial charge in [0.05, 0.1) is 0 Å². The first-order valence-corrected chi connectivity index (χ1v) is 5.67. The van der Waals surface area contributed by atoms with Gasteiger partial charge in [-0.25, -0.2) is 13.2 Å². The summed E-state index contributed by atoms with van der Waals surface area (Å²) in [4.78, 5) is 0. The van der Waals surface area contributed by atoms with Crippen molar-refractivity contribution in [1.82, 2.24) is 5.32 Å². The first-order chi connectivity index (χ1) is 8.16. The molecule has 4 heteroatoms. The lowest BCUT2D eigenvalue weighted by atomic mass is 10.1. The second-order valence-electron chi connectivity index (χ2n) is 3.71. The Balaban J connectivity index is 2.51. The van der Waals surface area contributed by atoms with Crippen molar-refractivity contribution in [3.8, 4) is 0 Å². The predicted octanol–water partition coefficient (Wildman–Crippen LogP) is 3.51. The maximum absolute atomic E-state index is 13.2. The molecule has 1 aromatic carbocycles. The van der Waals surface area contributed by atoms with Crippen molar-refractivity contribution in [2.45, 2.75) is 19.8 Å². The fourth-order valence-corrected chi connectivity index (χ4v) is 1.37. The summed E-state index contributed by atoms with van der Waals surface area (Å²) in [5, 5.41) is 3.18. The van der Waals surface area contributed by atoms with Gasteiger partial charge in [0.15, 0.2) is 17.5 Å². The van der Waals surface area contributed by atoms with E-state index in [2.05, 4.69) is 12.2 Å². The molecule has 0 saturated heterocycles. The zero-order valence-corrected chi connectivity index (χ0v) is 9.77. The van der Waals surface area contributed by atoms with Crippen molar-refractivity contribution in [3.05, 3.63) is 41.2 Å². The molecule has 0 bridgehead atoms. The number of benzene rings is 1. The Labute approximate surface area is 99.3 Å².